The molecule has 0 aromatic rings. The van der Waals surface area contributed by atoms with Crippen molar-refractivity contribution in [2.75, 3.05) is 32.3 Å². The fraction of sp³-hybridized carbons (Fsp3) is 1.00. The number of hydrogen-bond donors (Lipinski definition) is 1. The second-order valence-corrected chi connectivity index (χ2v) is 7.13. The molecule has 0 spiro atoms. The zero-order chi connectivity index (χ0) is 12.7. The highest BCUT2D eigenvalue weighted by Crippen LogP contribution is 2.27. The van der Waals surface area contributed by atoms with Gasteiger partial charge in [0.1, 0.15) is 0 Å². The Hall–Kier alpha value is -0.130. The molecule has 0 heterocycles. The number of sulfone groups is 1. The van der Waals surface area contributed by atoms with Gasteiger partial charge in [-0.1, -0.05) is 19.3 Å². The molecule has 0 aromatic carbocycles. The Labute approximate surface area is 105 Å². The molecule has 1 unspecified atom stereocenters. The molecule has 0 amide bonds. The van der Waals surface area contributed by atoms with E-state index in [2.05, 4.69) is 5.32 Å². The Bertz CT molecular complexity index is 297. The first-order valence-corrected chi connectivity index (χ1v) is 8.28. The predicted molar refractivity (Wildman–Crippen MR) is 70.0 cm³/mol. The lowest BCUT2D eigenvalue weighted by Crippen LogP contribution is -2.41. The Balaban J connectivity index is 2.50. The summed E-state index contributed by atoms with van der Waals surface area (Å²) in [6.45, 7) is 0.295. The summed E-state index contributed by atoms with van der Waals surface area (Å²) in [6, 6.07) is 0.108. The van der Waals surface area contributed by atoms with E-state index in [-0.39, 0.29) is 17.5 Å². The van der Waals surface area contributed by atoms with Crippen molar-refractivity contribution < 1.29 is 13.2 Å². The molecule has 1 saturated carbocycles. The highest BCUT2D eigenvalue weighted by molar-refractivity contribution is 7.91. The fourth-order valence-electron chi connectivity index (χ4n) is 2.56. The van der Waals surface area contributed by atoms with Crippen molar-refractivity contribution in [3.8, 4) is 0 Å². The van der Waals surface area contributed by atoms with Crippen molar-refractivity contribution in [1.29, 1.82) is 0 Å². The van der Waals surface area contributed by atoms with Gasteiger partial charge >= 0.3 is 0 Å². The second kappa shape index (κ2) is 7.34. The topological polar surface area (TPSA) is 55.4 Å². The smallest absolute Gasteiger partial charge is 0.154 e. The molecule has 1 N–H and O–H groups in total. The Morgan fingerprint density at radius 2 is 1.94 bits per heavy atom. The molecule has 4 nitrogen and oxygen atoms in total. The molecule has 0 aromatic heterocycles. The lowest BCUT2D eigenvalue weighted by atomic mass is 9.84. The minimum atomic E-state index is -2.99. The molecule has 0 radical (unpaired) electrons. The van der Waals surface area contributed by atoms with E-state index in [1.54, 1.807) is 0 Å². The molecular weight excluding hydrogens is 238 g/mol. The largest absolute Gasteiger partial charge is 0.384 e. The van der Waals surface area contributed by atoms with Gasteiger partial charge in [0.05, 0.1) is 18.1 Å². The normalized spacial score (nSPS) is 20.4. The summed E-state index contributed by atoms with van der Waals surface area (Å²) in [6.07, 6.45) is 6.09. The average molecular weight is 263 g/mol. The molecule has 1 aliphatic rings. The Morgan fingerprint density at radius 3 is 2.47 bits per heavy atom. The summed E-state index contributed by atoms with van der Waals surface area (Å²) in [4.78, 5) is 0. The van der Waals surface area contributed by atoms with Gasteiger partial charge in [0.15, 0.2) is 9.84 Å². The van der Waals surface area contributed by atoms with Crippen LogP contribution in [0.15, 0.2) is 0 Å². The summed E-state index contributed by atoms with van der Waals surface area (Å²) < 4.78 is 28.6. The second-order valence-electron chi connectivity index (χ2n) is 4.90. The monoisotopic (exact) mass is 263 g/mol. The van der Waals surface area contributed by atoms with Crippen LogP contribution in [-0.2, 0) is 14.6 Å². The van der Waals surface area contributed by atoms with Crippen LogP contribution >= 0.6 is 0 Å². The number of nitrogens with one attached hydrogen (secondary N) is 1. The zero-order valence-corrected chi connectivity index (χ0v) is 11.8. The van der Waals surface area contributed by atoms with Gasteiger partial charge in [-0.2, -0.15) is 0 Å². The van der Waals surface area contributed by atoms with E-state index in [0.717, 1.165) is 12.8 Å². The van der Waals surface area contributed by atoms with Gasteiger partial charge in [-0.05, 0) is 25.8 Å². The molecule has 102 valence electrons. The third-order valence-electron chi connectivity index (χ3n) is 3.62. The van der Waals surface area contributed by atoms with Crippen LogP contribution in [0, 0.1) is 5.92 Å². The summed E-state index contributed by atoms with van der Waals surface area (Å²) in [5.41, 5.74) is 0. The molecule has 17 heavy (non-hydrogen) atoms. The van der Waals surface area contributed by atoms with E-state index in [1.165, 1.54) is 26.4 Å². The molecule has 0 aliphatic heterocycles. The lowest BCUT2D eigenvalue weighted by molar-refractivity contribution is 0.216. The van der Waals surface area contributed by atoms with E-state index in [4.69, 9.17) is 4.74 Å². The number of methoxy groups -OCH3 is 1. The molecule has 1 fully saturated rings. The molecular formula is C12H25NO3S. The Morgan fingerprint density at radius 1 is 1.29 bits per heavy atom. The van der Waals surface area contributed by atoms with Crippen LogP contribution < -0.4 is 5.32 Å². The first-order chi connectivity index (χ1) is 8.09. The molecule has 0 saturated heterocycles. The summed E-state index contributed by atoms with van der Waals surface area (Å²) >= 11 is 0. The molecule has 0 bridgehead atoms. The van der Waals surface area contributed by atoms with Gasteiger partial charge in [-0.3, -0.25) is 0 Å². The summed E-state index contributed by atoms with van der Waals surface area (Å²) in [7, 11) is 0.408. The van der Waals surface area contributed by atoms with Gasteiger partial charge in [-0.25, -0.2) is 8.42 Å². The average Bonchev–Trinajstić information content (AvgIpc) is 2.35. The fourth-order valence-corrected chi connectivity index (χ4v) is 4.13. The maximum Gasteiger partial charge on any atom is 0.154 e. The predicted octanol–water partition coefficient (Wildman–Crippen LogP) is 1.22. The number of ether oxygens (including phenoxy) is 1. The quantitative estimate of drug-likeness (QED) is 0.750. The maximum atomic E-state index is 11.9. The SMILES string of the molecule is CNC(CS(=O)(=O)CCOC)C1CCCCC1. The van der Waals surface area contributed by atoms with Gasteiger partial charge in [0.25, 0.3) is 0 Å². The standard InChI is InChI=1S/C12H25NO3S/c1-13-12(11-6-4-3-5-7-11)10-17(14,15)9-8-16-2/h11-13H,3-10H2,1-2H3. The highest BCUT2D eigenvalue weighted by atomic mass is 32.2. The minimum absolute atomic E-state index is 0.108. The minimum Gasteiger partial charge on any atom is -0.384 e. The van der Waals surface area contributed by atoms with Crippen LogP contribution in [0.4, 0.5) is 0 Å². The third-order valence-corrected chi connectivity index (χ3v) is 5.28. The van der Waals surface area contributed by atoms with Gasteiger partial charge in [-0.15, -0.1) is 0 Å². The van der Waals surface area contributed by atoms with Crippen LogP contribution in [0.1, 0.15) is 32.1 Å². The Kier molecular flexibility index (Phi) is 6.44. The molecule has 1 aliphatic carbocycles. The molecule has 1 rings (SSSR count). The van der Waals surface area contributed by atoms with Crippen molar-refractivity contribution in [1.82, 2.24) is 5.32 Å². The van der Waals surface area contributed by atoms with Crippen molar-refractivity contribution in [2.45, 2.75) is 38.1 Å². The van der Waals surface area contributed by atoms with Crippen molar-refractivity contribution in [3.05, 3.63) is 0 Å². The number of rotatable bonds is 7. The van der Waals surface area contributed by atoms with Crippen LogP contribution in [-0.4, -0.2) is 46.7 Å². The molecule has 5 heteroatoms. The first-order valence-electron chi connectivity index (χ1n) is 6.45. The zero-order valence-electron chi connectivity index (χ0n) is 10.9. The van der Waals surface area contributed by atoms with Crippen LogP contribution in [0.25, 0.3) is 0 Å². The van der Waals surface area contributed by atoms with Gasteiger partial charge < -0.3 is 10.1 Å². The summed E-state index contributed by atoms with van der Waals surface area (Å²) in [5.74, 6) is 0.900. The number of hydrogen-bond acceptors (Lipinski definition) is 4. The maximum absolute atomic E-state index is 11.9. The highest BCUT2D eigenvalue weighted by Gasteiger charge is 2.26. The summed E-state index contributed by atoms with van der Waals surface area (Å²) in [5, 5.41) is 3.18. The van der Waals surface area contributed by atoms with Gasteiger partial charge in [0.2, 0.25) is 0 Å². The van der Waals surface area contributed by atoms with Crippen molar-refractivity contribution in [3.63, 3.8) is 0 Å². The van der Waals surface area contributed by atoms with Crippen molar-refractivity contribution >= 4 is 9.84 Å². The van der Waals surface area contributed by atoms with Crippen molar-refractivity contribution in [2.24, 2.45) is 5.92 Å². The lowest BCUT2D eigenvalue weighted by Gasteiger charge is -2.29. The van der Waals surface area contributed by atoms with Crippen LogP contribution in [0.3, 0.4) is 0 Å². The van der Waals surface area contributed by atoms with E-state index < -0.39 is 9.84 Å². The third kappa shape index (κ3) is 5.36. The van der Waals surface area contributed by atoms with E-state index in [0.29, 0.717) is 12.5 Å². The van der Waals surface area contributed by atoms with Crippen LogP contribution in [0.2, 0.25) is 0 Å². The van der Waals surface area contributed by atoms with E-state index >= 15 is 0 Å². The van der Waals surface area contributed by atoms with Gasteiger partial charge in [0, 0.05) is 13.2 Å². The van der Waals surface area contributed by atoms with E-state index in [1.807, 2.05) is 7.05 Å². The van der Waals surface area contributed by atoms with E-state index in [9.17, 15) is 8.42 Å². The first kappa shape index (κ1) is 14.9. The van der Waals surface area contributed by atoms with Crippen LogP contribution in [0.5, 0.6) is 0 Å². The molecule has 1 atom stereocenters.